The standard InChI is InChI=1S/C9H21N.C2H6/c1-4-6-9(3)7-8-10-5-2;1-2/h9-10H,4-8H2,1-3H3;1-2H3. The molecule has 1 atom stereocenters. The molecule has 0 aromatic rings. The van der Waals surface area contributed by atoms with Gasteiger partial charge in [-0.05, 0) is 25.4 Å². The SMILES string of the molecule is CC.CCCC(C)CCNCC. The van der Waals surface area contributed by atoms with Crippen molar-refractivity contribution in [3.63, 3.8) is 0 Å². The van der Waals surface area contributed by atoms with Crippen LogP contribution in [0, 0.1) is 5.92 Å². The third kappa shape index (κ3) is 12.6. The number of nitrogens with one attached hydrogen (secondary N) is 1. The molecule has 0 amide bonds. The number of hydrogen-bond donors (Lipinski definition) is 1. The normalized spacial score (nSPS) is 11.8. The van der Waals surface area contributed by atoms with E-state index in [4.69, 9.17) is 0 Å². The predicted octanol–water partition coefficient (Wildman–Crippen LogP) is 3.45. The van der Waals surface area contributed by atoms with E-state index in [9.17, 15) is 0 Å². The van der Waals surface area contributed by atoms with Gasteiger partial charge < -0.3 is 5.32 Å². The molecule has 0 bridgehead atoms. The van der Waals surface area contributed by atoms with Gasteiger partial charge in [-0.1, -0.05) is 47.5 Å². The largest absolute Gasteiger partial charge is 0.317 e. The summed E-state index contributed by atoms with van der Waals surface area (Å²) >= 11 is 0. The molecule has 0 aliphatic heterocycles. The minimum absolute atomic E-state index is 0.907. The molecule has 1 heteroatoms. The van der Waals surface area contributed by atoms with E-state index in [1.165, 1.54) is 25.8 Å². The average Bonchev–Trinajstić information content (AvgIpc) is 2.09. The van der Waals surface area contributed by atoms with Crippen LogP contribution in [0.5, 0.6) is 0 Å². The van der Waals surface area contributed by atoms with Crippen LogP contribution in [0.2, 0.25) is 0 Å². The molecule has 0 saturated heterocycles. The van der Waals surface area contributed by atoms with Gasteiger partial charge in [0.2, 0.25) is 0 Å². The Bertz CT molecular complexity index is 62.0. The van der Waals surface area contributed by atoms with Crippen LogP contribution in [0.3, 0.4) is 0 Å². The van der Waals surface area contributed by atoms with E-state index < -0.39 is 0 Å². The van der Waals surface area contributed by atoms with Gasteiger partial charge in [0.05, 0.1) is 0 Å². The van der Waals surface area contributed by atoms with E-state index in [0.717, 1.165) is 12.5 Å². The highest BCUT2D eigenvalue weighted by molar-refractivity contribution is 4.53. The lowest BCUT2D eigenvalue weighted by Gasteiger charge is -2.08. The van der Waals surface area contributed by atoms with Crippen molar-refractivity contribution in [2.24, 2.45) is 5.92 Å². The highest BCUT2D eigenvalue weighted by Crippen LogP contribution is 2.07. The molecule has 0 aromatic heterocycles. The summed E-state index contributed by atoms with van der Waals surface area (Å²) in [5, 5.41) is 3.34. The van der Waals surface area contributed by atoms with Gasteiger partial charge in [0.15, 0.2) is 0 Å². The molecular weight excluding hydrogens is 146 g/mol. The first-order chi connectivity index (χ1) is 5.81. The Hall–Kier alpha value is -0.0400. The van der Waals surface area contributed by atoms with E-state index in [1.807, 2.05) is 13.8 Å². The van der Waals surface area contributed by atoms with Crippen molar-refractivity contribution in [2.45, 2.75) is 53.9 Å². The van der Waals surface area contributed by atoms with E-state index in [0.29, 0.717) is 0 Å². The number of hydrogen-bond acceptors (Lipinski definition) is 1. The lowest BCUT2D eigenvalue weighted by molar-refractivity contribution is 0.469. The van der Waals surface area contributed by atoms with Gasteiger partial charge in [-0.25, -0.2) is 0 Å². The maximum absolute atomic E-state index is 3.34. The first kappa shape index (κ1) is 14.5. The van der Waals surface area contributed by atoms with Crippen molar-refractivity contribution in [1.29, 1.82) is 0 Å². The summed E-state index contributed by atoms with van der Waals surface area (Å²) in [4.78, 5) is 0. The summed E-state index contributed by atoms with van der Waals surface area (Å²) in [5.74, 6) is 0.907. The van der Waals surface area contributed by atoms with Crippen molar-refractivity contribution in [2.75, 3.05) is 13.1 Å². The van der Waals surface area contributed by atoms with Crippen LogP contribution in [0.1, 0.15) is 53.9 Å². The fraction of sp³-hybridized carbons (Fsp3) is 1.00. The molecule has 0 rings (SSSR count). The quantitative estimate of drug-likeness (QED) is 0.607. The zero-order valence-electron chi connectivity index (χ0n) is 9.61. The second-order valence-corrected chi connectivity index (χ2v) is 3.04. The van der Waals surface area contributed by atoms with Gasteiger partial charge in [-0.2, -0.15) is 0 Å². The minimum Gasteiger partial charge on any atom is -0.317 e. The average molecular weight is 173 g/mol. The Labute approximate surface area is 78.9 Å². The summed E-state index contributed by atoms with van der Waals surface area (Å²) in [5.41, 5.74) is 0. The fourth-order valence-corrected chi connectivity index (χ4v) is 1.16. The molecule has 0 spiro atoms. The zero-order chi connectivity index (χ0) is 9.82. The summed E-state index contributed by atoms with van der Waals surface area (Å²) < 4.78 is 0. The smallest absolute Gasteiger partial charge is 0.00465 e. The molecule has 0 aromatic carbocycles. The van der Waals surface area contributed by atoms with E-state index in [1.54, 1.807) is 0 Å². The monoisotopic (exact) mass is 173 g/mol. The Morgan fingerprint density at radius 1 is 1.08 bits per heavy atom. The molecular formula is C11H27N. The maximum atomic E-state index is 3.34. The molecule has 0 aliphatic carbocycles. The molecule has 1 nitrogen and oxygen atoms in total. The zero-order valence-corrected chi connectivity index (χ0v) is 9.61. The predicted molar refractivity (Wildman–Crippen MR) is 58.6 cm³/mol. The Morgan fingerprint density at radius 3 is 2.08 bits per heavy atom. The summed E-state index contributed by atoms with van der Waals surface area (Å²) in [6, 6.07) is 0. The van der Waals surface area contributed by atoms with Crippen LogP contribution in [0.4, 0.5) is 0 Å². The van der Waals surface area contributed by atoms with E-state index >= 15 is 0 Å². The molecule has 12 heavy (non-hydrogen) atoms. The molecule has 0 radical (unpaired) electrons. The topological polar surface area (TPSA) is 12.0 Å². The lowest BCUT2D eigenvalue weighted by Crippen LogP contribution is -2.16. The van der Waals surface area contributed by atoms with Crippen molar-refractivity contribution in [3.05, 3.63) is 0 Å². The van der Waals surface area contributed by atoms with Gasteiger partial charge in [0, 0.05) is 0 Å². The van der Waals surface area contributed by atoms with Crippen LogP contribution in [-0.2, 0) is 0 Å². The second-order valence-electron chi connectivity index (χ2n) is 3.04. The second kappa shape index (κ2) is 13.5. The van der Waals surface area contributed by atoms with Crippen molar-refractivity contribution < 1.29 is 0 Å². The van der Waals surface area contributed by atoms with Crippen LogP contribution in [0.25, 0.3) is 0 Å². The Morgan fingerprint density at radius 2 is 1.67 bits per heavy atom. The maximum Gasteiger partial charge on any atom is -0.00465 e. The van der Waals surface area contributed by atoms with E-state index in [-0.39, 0.29) is 0 Å². The summed E-state index contributed by atoms with van der Waals surface area (Å²) in [6.07, 6.45) is 4.04. The first-order valence-corrected chi connectivity index (χ1v) is 5.52. The van der Waals surface area contributed by atoms with Crippen LogP contribution < -0.4 is 5.32 Å². The highest BCUT2D eigenvalue weighted by atomic mass is 14.8. The van der Waals surface area contributed by atoms with Crippen molar-refractivity contribution in [3.8, 4) is 0 Å². The van der Waals surface area contributed by atoms with Gasteiger partial charge in [0.25, 0.3) is 0 Å². The molecule has 0 aliphatic rings. The highest BCUT2D eigenvalue weighted by Gasteiger charge is 1.97. The van der Waals surface area contributed by atoms with Crippen molar-refractivity contribution >= 4 is 0 Å². The summed E-state index contributed by atoms with van der Waals surface area (Å²) in [6.45, 7) is 13.0. The van der Waals surface area contributed by atoms with Crippen LogP contribution in [-0.4, -0.2) is 13.1 Å². The van der Waals surface area contributed by atoms with Gasteiger partial charge in [-0.3, -0.25) is 0 Å². The Balaban J connectivity index is 0. The van der Waals surface area contributed by atoms with E-state index in [2.05, 4.69) is 26.1 Å². The fourth-order valence-electron chi connectivity index (χ4n) is 1.16. The Kier molecular flexibility index (Phi) is 16.3. The van der Waals surface area contributed by atoms with Gasteiger partial charge in [-0.15, -0.1) is 0 Å². The van der Waals surface area contributed by atoms with Gasteiger partial charge >= 0.3 is 0 Å². The molecule has 1 N–H and O–H groups in total. The molecule has 1 unspecified atom stereocenters. The third-order valence-electron chi connectivity index (χ3n) is 1.85. The van der Waals surface area contributed by atoms with Crippen LogP contribution >= 0.6 is 0 Å². The molecule has 0 fully saturated rings. The lowest BCUT2D eigenvalue weighted by atomic mass is 10.0. The van der Waals surface area contributed by atoms with Crippen LogP contribution in [0.15, 0.2) is 0 Å². The third-order valence-corrected chi connectivity index (χ3v) is 1.85. The number of rotatable bonds is 6. The van der Waals surface area contributed by atoms with Gasteiger partial charge in [0.1, 0.15) is 0 Å². The first-order valence-electron chi connectivity index (χ1n) is 5.52. The van der Waals surface area contributed by atoms with Crippen molar-refractivity contribution in [1.82, 2.24) is 5.32 Å². The molecule has 0 saturated carbocycles. The summed E-state index contributed by atoms with van der Waals surface area (Å²) in [7, 11) is 0. The molecule has 0 heterocycles. The molecule has 76 valence electrons. The minimum atomic E-state index is 0.907.